The molecular formula is C10H15N5O. The van der Waals surface area contributed by atoms with Crippen molar-refractivity contribution in [1.82, 2.24) is 19.6 Å². The number of hydrogen-bond acceptors (Lipinski definition) is 5. The van der Waals surface area contributed by atoms with E-state index in [1.807, 2.05) is 19.9 Å². The molecule has 0 aliphatic carbocycles. The maximum Gasteiger partial charge on any atom is 0.255 e. The first-order chi connectivity index (χ1) is 7.63. The van der Waals surface area contributed by atoms with Crippen LogP contribution >= 0.6 is 0 Å². The largest absolute Gasteiger partial charge is 0.385 e. The van der Waals surface area contributed by atoms with Gasteiger partial charge in [-0.2, -0.15) is 0 Å². The molecule has 2 rings (SSSR count). The zero-order valence-electron chi connectivity index (χ0n) is 9.38. The molecule has 0 radical (unpaired) electrons. The summed E-state index contributed by atoms with van der Waals surface area (Å²) in [6, 6.07) is 1.93. The van der Waals surface area contributed by atoms with Crippen LogP contribution in [0, 0.1) is 13.8 Å². The molecule has 1 atom stereocenters. The van der Waals surface area contributed by atoms with Crippen molar-refractivity contribution in [3.05, 3.63) is 23.3 Å². The van der Waals surface area contributed by atoms with Gasteiger partial charge in [-0.25, -0.2) is 4.98 Å². The number of rotatable bonds is 3. The van der Waals surface area contributed by atoms with Gasteiger partial charge >= 0.3 is 0 Å². The molecule has 0 saturated carbocycles. The SMILES string of the molecule is Cc1cc(C)n2c(C(O)CCN)nnc2n1. The Morgan fingerprint density at radius 2 is 2.19 bits per heavy atom. The molecule has 2 heterocycles. The molecular weight excluding hydrogens is 206 g/mol. The van der Waals surface area contributed by atoms with Crippen LogP contribution < -0.4 is 5.73 Å². The smallest absolute Gasteiger partial charge is 0.255 e. The molecule has 0 spiro atoms. The van der Waals surface area contributed by atoms with E-state index in [1.54, 1.807) is 4.40 Å². The minimum Gasteiger partial charge on any atom is -0.385 e. The monoisotopic (exact) mass is 221 g/mol. The van der Waals surface area contributed by atoms with Crippen molar-refractivity contribution in [2.75, 3.05) is 6.54 Å². The van der Waals surface area contributed by atoms with Gasteiger partial charge in [0.05, 0.1) is 0 Å². The third kappa shape index (κ3) is 1.77. The lowest BCUT2D eigenvalue weighted by Gasteiger charge is -2.08. The van der Waals surface area contributed by atoms with Gasteiger partial charge < -0.3 is 10.8 Å². The maximum atomic E-state index is 9.87. The van der Waals surface area contributed by atoms with E-state index < -0.39 is 6.10 Å². The van der Waals surface area contributed by atoms with Crippen LogP contribution in [0.5, 0.6) is 0 Å². The Balaban J connectivity index is 2.55. The van der Waals surface area contributed by atoms with Crippen LogP contribution in [0.15, 0.2) is 6.07 Å². The Labute approximate surface area is 93.1 Å². The number of hydrogen-bond donors (Lipinski definition) is 2. The van der Waals surface area contributed by atoms with E-state index >= 15 is 0 Å². The van der Waals surface area contributed by atoms with Crippen molar-refractivity contribution in [3.63, 3.8) is 0 Å². The van der Waals surface area contributed by atoms with Crippen LogP contribution in [-0.4, -0.2) is 31.2 Å². The van der Waals surface area contributed by atoms with E-state index in [9.17, 15) is 5.11 Å². The summed E-state index contributed by atoms with van der Waals surface area (Å²) in [5.41, 5.74) is 7.25. The second-order valence-corrected chi connectivity index (χ2v) is 3.83. The van der Waals surface area contributed by atoms with Gasteiger partial charge in [-0.15, -0.1) is 10.2 Å². The summed E-state index contributed by atoms with van der Waals surface area (Å²) in [6.45, 7) is 4.25. The van der Waals surface area contributed by atoms with Crippen molar-refractivity contribution < 1.29 is 5.11 Å². The van der Waals surface area contributed by atoms with Gasteiger partial charge in [0, 0.05) is 11.4 Å². The zero-order valence-corrected chi connectivity index (χ0v) is 9.38. The Hall–Kier alpha value is -1.53. The Morgan fingerprint density at radius 3 is 2.88 bits per heavy atom. The molecule has 2 aromatic rings. The average Bonchev–Trinajstić information content (AvgIpc) is 2.61. The lowest BCUT2D eigenvalue weighted by molar-refractivity contribution is 0.159. The zero-order chi connectivity index (χ0) is 11.7. The highest BCUT2D eigenvalue weighted by Gasteiger charge is 2.16. The van der Waals surface area contributed by atoms with Crippen LogP contribution in [0.2, 0.25) is 0 Å². The average molecular weight is 221 g/mol. The maximum absolute atomic E-state index is 9.87. The predicted molar refractivity (Wildman–Crippen MR) is 58.9 cm³/mol. The fraction of sp³-hybridized carbons (Fsp3) is 0.500. The van der Waals surface area contributed by atoms with Crippen molar-refractivity contribution in [3.8, 4) is 0 Å². The first-order valence-corrected chi connectivity index (χ1v) is 5.21. The quantitative estimate of drug-likeness (QED) is 0.768. The Bertz CT molecular complexity index is 507. The Kier molecular flexibility index (Phi) is 2.84. The van der Waals surface area contributed by atoms with Gasteiger partial charge in [-0.05, 0) is 32.9 Å². The summed E-state index contributed by atoms with van der Waals surface area (Å²) >= 11 is 0. The summed E-state index contributed by atoms with van der Waals surface area (Å²) in [4.78, 5) is 4.25. The topological polar surface area (TPSA) is 89.3 Å². The van der Waals surface area contributed by atoms with E-state index in [2.05, 4.69) is 15.2 Å². The van der Waals surface area contributed by atoms with E-state index in [0.717, 1.165) is 11.4 Å². The van der Waals surface area contributed by atoms with Crippen LogP contribution in [0.4, 0.5) is 0 Å². The number of fused-ring (bicyclic) bond motifs is 1. The van der Waals surface area contributed by atoms with Crippen LogP contribution in [0.1, 0.15) is 29.7 Å². The standard InChI is InChI=1S/C10H15N5O/c1-6-5-7(2)15-9(8(16)3-4-11)13-14-10(15)12-6/h5,8,16H,3-4,11H2,1-2H3. The minimum absolute atomic E-state index is 0.411. The van der Waals surface area contributed by atoms with Crippen LogP contribution in [0.25, 0.3) is 5.78 Å². The number of aliphatic hydroxyl groups excluding tert-OH is 1. The first-order valence-electron chi connectivity index (χ1n) is 5.21. The predicted octanol–water partition coefficient (Wildman–Crippen LogP) is 0.123. The highest BCUT2D eigenvalue weighted by molar-refractivity contribution is 5.32. The number of aliphatic hydroxyl groups is 1. The summed E-state index contributed by atoms with van der Waals surface area (Å²) in [5.74, 6) is 1.02. The van der Waals surface area contributed by atoms with Gasteiger partial charge in [-0.1, -0.05) is 0 Å². The molecule has 6 heteroatoms. The van der Waals surface area contributed by atoms with Crippen molar-refractivity contribution >= 4 is 5.78 Å². The number of aromatic nitrogens is 4. The summed E-state index contributed by atoms with van der Waals surface area (Å²) in [7, 11) is 0. The highest BCUT2D eigenvalue weighted by Crippen LogP contribution is 2.16. The molecule has 2 aromatic heterocycles. The lowest BCUT2D eigenvalue weighted by Crippen LogP contribution is -2.11. The normalized spacial score (nSPS) is 13.2. The fourth-order valence-electron chi connectivity index (χ4n) is 1.76. The fourth-order valence-corrected chi connectivity index (χ4v) is 1.76. The summed E-state index contributed by atoms with van der Waals surface area (Å²) in [6.07, 6.45) is -0.225. The molecule has 1 unspecified atom stereocenters. The molecule has 86 valence electrons. The van der Waals surface area contributed by atoms with Crippen molar-refractivity contribution in [1.29, 1.82) is 0 Å². The van der Waals surface area contributed by atoms with E-state index in [-0.39, 0.29) is 0 Å². The highest BCUT2D eigenvalue weighted by atomic mass is 16.3. The van der Waals surface area contributed by atoms with Crippen molar-refractivity contribution in [2.24, 2.45) is 5.73 Å². The van der Waals surface area contributed by atoms with E-state index in [4.69, 9.17) is 5.73 Å². The molecule has 0 aliphatic heterocycles. The second kappa shape index (κ2) is 4.15. The molecule has 0 aliphatic rings. The second-order valence-electron chi connectivity index (χ2n) is 3.83. The molecule has 0 fully saturated rings. The number of aryl methyl sites for hydroxylation is 2. The summed E-state index contributed by atoms with van der Waals surface area (Å²) < 4.78 is 1.76. The van der Waals surface area contributed by atoms with E-state index in [0.29, 0.717) is 24.6 Å². The molecule has 6 nitrogen and oxygen atoms in total. The van der Waals surface area contributed by atoms with Gasteiger partial charge in [0.2, 0.25) is 0 Å². The summed E-state index contributed by atoms with van der Waals surface area (Å²) in [5, 5.41) is 17.8. The number of nitrogens with zero attached hydrogens (tertiary/aromatic N) is 4. The van der Waals surface area contributed by atoms with Crippen LogP contribution in [-0.2, 0) is 0 Å². The van der Waals surface area contributed by atoms with Gasteiger partial charge in [0.25, 0.3) is 5.78 Å². The van der Waals surface area contributed by atoms with Crippen LogP contribution in [0.3, 0.4) is 0 Å². The van der Waals surface area contributed by atoms with Gasteiger partial charge in [0.1, 0.15) is 6.10 Å². The van der Waals surface area contributed by atoms with Gasteiger partial charge in [0.15, 0.2) is 5.82 Å². The minimum atomic E-state index is -0.691. The third-order valence-electron chi connectivity index (χ3n) is 2.46. The van der Waals surface area contributed by atoms with Crippen molar-refractivity contribution in [2.45, 2.75) is 26.4 Å². The molecule has 0 bridgehead atoms. The molecule has 3 N–H and O–H groups in total. The molecule has 0 amide bonds. The van der Waals surface area contributed by atoms with E-state index in [1.165, 1.54) is 0 Å². The first kappa shape index (κ1) is 11.0. The van der Waals surface area contributed by atoms with Gasteiger partial charge in [-0.3, -0.25) is 4.40 Å². The molecule has 0 aromatic carbocycles. The third-order valence-corrected chi connectivity index (χ3v) is 2.46. The molecule has 16 heavy (non-hydrogen) atoms. The Morgan fingerprint density at radius 1 is 1.44 bits per heavy atom. The number of nitrogens with two attached hydrogens (primary N) is 1. The lowest BCUT2D eigenvalue weighted by atomic mass is 10.2. The molecule has 0 saturated heterocycles.